The van der Waals surface area contributed by atoms with Gasteiger partial charge in [0.05, 0.1) is 5.02 Å². The molecular weight excluding hydrogens is 275 g/mol. The zero-order chi connectivity index (χ0) is 13.5. The van der Waals surface area contributed by atoms with Gasteiger partial charge in [0.2, 0.25) is 0 Å². The smallest absolute Gasteiger partial charge is 0.345 e. The maximum Gasteiger partial charge on any atom is 0.345 e. The Labute approximate surface area is 116 Å². The normalized spacial score (nSPS) is 11.1. The number of carbonyl (C=O) groups is 1. The van der Waals surface area contributed by atoms with Crippen LogP contribution in [-0.2, 0) is 9.53 Å². The van der Waals surface area contributed by atoms with E-state index in [4.69, 9.17) is 32.7 Å². The Morgan fingerprint density at radius 2 is 2.17 bits per heavy atom. The average molecular weight is 287 g/mol. The number of hydrogen-bond donors (Lipinski definition) is 0. The molecule has 0 aliphatic rings. The number of halogens is 2. The fourth-order valence-corrected chi connectivity index (χ4v) is 1.66. The van der Waals surface area contributed by atoms with Crippen LogP contribution in [0.15, 0.2) is 18.2 Å². The molecule has 0 saturated carbocycles. The van der Waals surface area contributed by atoms with Gasteiger partial charge in [0.1, 0.15) is 5.75 Å². The lowest BCUT2D eigenvalue weighted by Crippen LogP contribution is -2.19. The van der Waals surface area contributed by atoms with Gasteiger partial charge in [0.15, 0.2) is 12.7 Å². The van der Waals surface area contributed by atoms with Gasteiger partial charge in [-0.15, -0.1) is 5.92 Å². The molecule has 0 spiro atoms. The summed E-state index contributed by atoms with van der Waals surface area (Å²) in [6.45, 7) is 3.13. The Kier molecular flexibility index (Phi) is 5.84. The van der Waals surface area contributed by atoms with E-state index in [0.29, 0.717) is 15.8 Å². The number of hydrogen-bond acceptors (Lipinski definition) is 3. The lowest BCUT2D eigenvalue weighted by molar-refractivity contribution is -0.148. The van der Waals surface area contributed by atoms with Crippen LogP contribution >= 0.6 is 23.2 Å². The van der Waals surface area contributed by atoms with E-state index < -0.39 is 12.1 Å². The van der Waals surface area contributed by atoms with Crippen LogP contribution in [0.3, 0.4) is 0 Å². The molecule has 5 heteroatoms. The van der Waals surface area contributed by atoms with Crippen LogP contribution in [0, 0.1) is 11.8 Å². The highest BCUT2D eigenvalue weighted by atomic mass is 35.5. The van der Waals surface area contributed by atoms with Crippen molar-refractivity contribution in [2.24, 2.45) is 0 Å². The minimum atomic E-state index is -0.503. The van der Waals surface area contributed by atoms with Crippen LogP contribution in [-0.4, -0.2) is 18.7 Å². The topological polar surface area (TPSA) is 35.5 Å². The highest BCUT2D eigenvalue weighted by Crippen LogP contribution is 2.27. The average Bonchev–Trinajstić information content (AvgIpc) is 2.28. The van der Waals surface area contributed by atoms with E-state index in [-0.39, 0.29) is 6.61 Å². The van der Waals surface area contributed by atoms with Gasteiger partial charge in [-0.1, -0.05) is 29.1 Å². The summed E-state index contributed by atoms with van der Waals surface area (Å²) in [5.41, 5.74) is 0. The second-order valence-electron chi connectivity index (χ2n) is 3.39. The summed E-state index contributed by atoms with van der Waals surface area (Å²) in [6.07, 6.45) is -0.452. The Morgan fingerprint density at radius 3 is 2.78 bits per heavy atom. The van der Waals surface area contributed by atoms with Crippen molar-refractivity contribution in [3.8, 4) is 17.6 Å². The Balaban J connectivity index is 2.49. The van der Waals surface area contributed by atoms with Crippen LogP contribution in [0.25, 0.3) is 0 Å². The van der Waals surface area contributed by atoms with E-state index >= 15 is 0 Å². The summed E-state index contributed by atoms with van der Waals surface area (Å²) < 4.78 is 10.2. The summed E-state index contributed by atoms with van der Waals surface area (Å²) in [6, 6.07) is 4.75. The molecule has 3 nitrogen and oxygen atoms in total. The molecule has 96 valence electrons. The predicted octanol–water partition coefficient (Wildman–Crippen LogP) is 3.33. The molecular formula is C13H12Cl2O3. The number of carbonyl (C=O) groups excluding carboxylic acids is 1. The molecule has 0 unspecified atom stereocenters. The van der Waals surface area contributed by atoms with E-state index in [2.05, 4.69) is 11.8 Å². The molecule has 0 aromatic heterocycles. The first kappa shape index (κ1) is 14.7. The van der Waals surface area contributed by atoms with Gasteiger partial charge < -0.3 is 9.47 Å². The van der Waals surface area contributed by atoms with Crippen molar-refractivity contribution in [1.29, 1.82) is 0 Å². The molecule has 0 radical (unpaired) electrons. The number of benzene rings is 1. The Hall–Kier alpha value is -1.37. The third kappa shape index (κ3) is 4.87. The zero-order valence-corrected chi connectivity index (χ0v) is 11.5. The molecule has 0 amide bonds. The third-order valence-corrected chi connectivity index (χ3v) is 2.43. The van der Waals surface area contributed by atoms with Crippen molar-refractivity contribution in [2.75, 3.05) is 6.61 Å². The predicted molar refractivity (Wildman–Crippen MR) is 71.0 cm³/mol. The SMILES string of the molecule is CC#C[C@H](C)OC(=O)COc1ccc(Cl)cc1Cl. The summed E-state index contributed by atoms with van der Waals surface area (Å²) in [5.74, 6) is 5.24. The highest BCUT2D eigenvalue weighted by Gasteiger charge is 2.09. The first-order valence-corrected chi connectivity index (χ1v) is 5.98. The molecule has 1 aromatic rings. The van der Waals surface area contributed by atoms with Crippen molar-refractivity contribution in [3.05, 3.63) is 28.2 Å². The van der Waals surface area contributed by atoms with Crippen LogP contribution < -0.4 is 4.74 Å². The van der Waals surface area contributed by atoms with E-state index in [1.54, 1.807) is 26.0 Å². The lowest BCUT2D eigenvalue weighted by Gasteiger charge is -2.09. The summed E-state index contributed by atoms with van der Waals surface area (Å²) in [7, 11) is 0. The largest absolute Gasteiger partial charge is 0.480 e. The van der Waals surface area contributed by atoms with Crippen LogP contribution in [0.1, 0.15) is 13.8 Å². The Morgan fingerprint density at radius 1 is 1.44 bits per heavy atom. The molecule has 0 aliphatic carbocycles. The van der Waals surface area contributed by atoms with E-state index in [1.165, 1.54) is 6.07 Å². The molecule has 1 atom stereocenters. The van der Waals surface area contributed by atoms with Gasteiger partial charge in [-0.2, -0.15) is 0 Å². The van der Waals surface area contributed by atoms with E-state index in [1.807, 2.05) is 0 Å². The van der Waals surface area contributed by atoms with E-state index in [0.717, 1.165) is 0 Å². The maximum absolute atomic E-state index is 11.4. The first-order chi connectivity index (χ1) is 8.52. The van der Waals surface area contributed by atoms with Crippen molar-refractivity contribution in [1.82, 2.24) is 0 Å². The second kappa shape index (κ2) is 7.15. The molecule has 18 heavy (non-hydrogen) atoms. The number of rotatable bonds is 4. The molecule has 0 N–H and O–H groups in total. The van der Waals surface area contributed by atoms with Crippen LogP contribution in [0.5, 0.6) is 5.75 Å². The molecule has 1 aromatic carbocycles. The third-order valence-electron chi connectivity index (χ3n) is 1.90. The molecule has 0 bridgehead atoms. The monoisotopic (exact) mass is 286 g/mol. The first-order valence-electron chi connectivity index (χ1n) is 5.22. The fraction of sp³-hybridized carbons (Fsp3) is 0.308. The molecule has 0 fully saturated rings. The van der Waals surface area contributed by atoms with Crippen molar-refractivity contribution in [2.45, 2.75) is 20.0 Å². The highest BCUT2D eigenvalue weighted by molar-refractivity contribution is 6.35. The second-order valence-corrected chi connectivity index (χ2v) is 4.23. The van der Waals surface area contributed by atoms with E-state index in [9.17, 15) is 4.79 Å². The van der Waals surface area contributed by atoms with Gasteiger partial charge in [-0.25, -0.2) is 4.79 Å². The molecule has 0 saturated heterocycles. The molecule has 1 rings (SSSR count). The van der Waals surface area contributed by atoms with Crippen molar-refractivity contribution in [3.63, 3.8) is 0 Å². The quantitative estimate of drug-likeness (QED) is 0.629. The van der Waals surface area contributed by atoms with Gasteiger partial charge >= 0.3 is 5.97 Å². The minimum Gasteiger partial charge on any atom is -0.480 e. The van der Waals surface area contributed by atoms with Gasteiger partial charge in [-0.3, -0.25) is 0 Å². The van der Waals surface area contributed by atoms with Gasteiger partial charge in [0, 0.05) is 5.02 Å². The number of esters is 1. The maximum atomic E-state index is 11.4. The minimum absolute atomic E-state index is 0.225. The van der Waals surface area contributed by atoms with Crippen molar-refractivity contribution >= 4 is 29.2 Å². The van der Waals surface area contributed by atoms with Gasteiger partial charge in [0.25, 0.3) is 0 Å². The fourth-order valence-electron chi connectivity index (χ4n) is 1.19. The lowest BCUT2D eigenvalue weighted by atomic mass is 10.3. The van der Waals surface area contributed by atoms with Crippen LogP contribution in [0.2, 0.25) is 10.0 Å². The van der Waals surface area contributed by atoms with Crippen molar-refractivity contribution < 1.29 is 14.3 Å². The number of ether oxygens (including phenoxy) is 2. The zero-order valence-electron chi connectivity index (χ0n) is 10.00. The standard InChI is InChI=1S/C13H12Cl2O3/c1-3-4-9(2)18-13(16)8-17-12-6-5-10(14)7-11(12)15/h5-7,9H,8H2,1-2H3/t9-/m0/s1. The Bertz CT molecular complexity index is 489. The molecule has 0 aliphatic heterocycles. The molecule has 0 heterocycles. The summed E-state index contributed by atoms with van der Waals surface area (Å²) >= 11 is 11.6. The summed E-state index contributed by atoms with van der Waals surface area (Å²) in [4.78, 5) is 11.4. The van der Waals surface area contributed by atoms with Gasteiger partial charge in [-0.05, 0) is 32.0 Å². The summed E-state index contributed by atoms with van der Waals surface area (Å²) in [5, 5.41) is 0.846. The van der Waals surface area contributed by atoms with Crippen LogP contribution in [0.4, 0.5) is 0 Å².